The van der Waals surface area contributed by atoms with Crippen LogP contribution in [0.5, 0.6) is 0 Å². The van der Waals surface area contributed by atoms with Crippen LogP contribution in [0.25, 0.3) is 43.1 Å². The molecule has 11 heteroatoms. The molecule has 0 amide bonds. The fourth-order valence-electron chi connectivity index (χ4n) is 7.54. The van der Waals surface area contributed by atoms with Crippen LogP contribution in [0.4, 0.5) is 24.5 Å². The lowest BCUT2D eigenvalue weighted by Crippen LogP contribution is -2.41. The molecule has 2 fully saturated rings. The van der Waals surface area contributed by atoms with Gasteiger partial charge in [-0.15, -0.1) is 4.49 Å². The third-order valence-corrected chi connectivity index (χ3v) is 14.1. The van der Waals surface area contributed by atoms with Gasteiger partial charge >= 0.3 is 23.1 Å². The standard InChI is InChI=1S/C35H29F3N3O3PS/c36-35(37,38)46(43,44)39-45(42)40(33-27-15-5-1-11-23(27)21-24-12-2-6-16-28(24)33)31-19-9-10-20-32(31)41(45)34-29-17-7-3-13-25(29)22-26-14-4-8-18-30(26)34/h1-8,11-18,21-22,31-32H,9-10,19-20H2,(H,39,42)/t31-,32-/m1/s1. The van der Waals surface area contributed by atoms with Crippen molar-refractivity contribution in [2.45, 2.75) is 43.3 Å². The van der Waals surface area contributed by atoms with Gasteiger partial charge in [-0.3, -0.25) is 13.9 Å². The first-order chi connectivity index (χ1) is 22.1. The van der Waals surface area contributed by atoms with Gasteiger partial charge in [-0.1, -0.05) is 110 Å². The van der Waals surface area contributed by atoms with Gasteiger partial charge in [-0.2, -0.15) is 13.2 Å². The maximum Gasteiger partial charge on any atom is 0.511 e. The lowest BCUT2D eigenvalue weighted by Gasteiger charge is -2.36. The average Bonchev–Trinajstić information content (AvgIpc) is 3.28. The number of alkyl halides is 3. The van der Waals surface area contributed by atoms with Gasteiger partial charge in [0.2, 0.25) is 0 Å². The van der Waals surface area contributed by atoms with Crippen LogP contribution in [0.1, 0.15) is 25.7 Å². The first kappa shape index (κ1) is 29.3. The summed E-state index contributed by atoms with van der Waals surface area (Å²) in [6.07, 6.45) is 2.57. The largest absolute Gasteiger partial charge is 0.511 e. The third-order valence-electron chi connectivity index (χ3n) is 9.39. The molecule has 46 heavy (non-hydrogen) atoms. The highest BCUT2D eigenvalue weighted by atomic mass is 32.2. The number of sulfonamides is 1. The van der Waals surface area contributed by atoms with E-state index in [0.717, 1.165) is 34.4 Å². The Morgan fingerprint density at radius 3 is 1.26 bits per heavy atom. The van der Waals surface area contributed by atoms with E-state index in [1.165, 1.54) is 9.34 Å². The molecule has 0 radical (unpaired) electrons. The molecule has 234 valence electrons. The summed E-state index contributed by atoms with van der Waals surface area (Å²) in [6, 6.07) is 32.7. The van der Waals surface area contributed by atoms with Gasteiger partial charge in [0.15, 0.2) is 0 Å². The molecule has 0 spiro atoms. The minimum Gasteiger partial charge on any atom is -0.288 e. The molecule has 1 heterocycles. The predicted molar refractivity (Wildman–Crippen MR) is 180 cm³/mol. The smallest absolute Gasteiger partial charge is 0.288 e. The van der Waals surface area contributed by atoms with E-state index in [1.807, 2.05) is 114 Å². The third kappa shape index (κ3) is 4.34. The van der Waals surface area contributed by atoms with Crippen molar-refractivity contribution < 1.29 is 26.2 Å². The number of rotatable bonds is 4. The first-order valence-electron chi connectivity index (χ1n) is 15.2. The first-order valence-corrected chi connectivity index (χ1v) is 18.3. The highest BCUT2D eigenvalue weighted by molar-refractivity contribution is 7.97. The summed E-state index contributed by atoms with van der Waals surface area (Å²) in [5.41, 5.74) is -4.76. The zero-order valence-corrected chi connectivity index (χ0v) is 26.2. The molecule has 2 atom stereocenters. The van der Waals surface area contributed by atoms with E-state index < -0.39 is 35.2 Å². The van der Waals surface area contributed by atoms with Gasteiger partial charge < -0.3 is 0 Å². The monoisotopic (exact) mass is 659 g/mol. The quantitative estimate of drug-likeness (QED) is 0.151. The number of hydrogen-bond donors (Lipinski definition) is 1. The number of benzene rings is 6. The number of halogens is 3. The van der Waals surface area contributed by atoms with Crippen LogP contribution < -0.4 is 13.8 Å². The van der Waals surface area contributed by atoms with Crippen molar-refractivity contribution in [2.24, 2.45) is 0 Å². The van der Waals surface area contributed by atoms with Crippen LogP contribution in [-0.4, -0.2) is 26.0 Å². The normalized spacial score (nSPS) is 20.2. The molecule has 8 rings (SSSR count). The van der Waals surface area contributed by atoms with Crippen LogP contribution in [-0.2, 0) is 14.6 Å². The molecule has 0 aromatic heterocycles. The van der Waals surface area contributed by atoms with E-state index in [9.17, 15) is 21.6 Å². The topological polar surface area (TPSA) is 69.7 Å². The van der Waals surface area contributed by atoms with Crippen LogP contribution in [0.3, 0.4) is 0 Å². The predicted octanol–water partition coefficient (Wildman–Crippen LogP) is 9.48. The lowest BCUT2D eigenvalue weighted by molar-refractivity contribution is -0.0441. The van der Waals surface area contributed by atoms with Gasteiger partial charge in [-0.25, -0.2) is 8.42 Å². The number of hydrogen-bond acceptors (Lipinski definition) is 3. The van der Waals surface area contributed by atoms with Gasteiger partial charge in [0.1, 0.15) is 0 Å². The van der Waals surface area contributed by atoms with Crippen LogP contribution in [0.15, 0.2) is 109 Å². The summed E-state index contributed by atoms with van der Waals surface area (Å²) in [7, 11) is -10.9. The molecule has 1 aliphatic carbocycles. The van der Waals surface area contributed by atoms with Crippen molar-refractivity contribution in [2.75, 3.05) is 9.34 Å². The van der Waals surface area contributed by atoms with Crippen molar-refractivity contribution in [3.63, 3.8) is 0 Å². The lowest BCUT2D eigenvalue weighted by atomic mass is 9.88. The van der Waals surface area contributed by atoms with Gasteiger partial charge in [0.05, 0.1) is 23.5 Å². The van der Waals surface area contributed by atoms with Gasteiger partial charge in [0, 0.05) is 21.5 Å². The molecule has 6 nitrogen and oxygen atoms in total. The second-order valence-corrected chi connectivity index (χ2v) is 16.2. The van der Waals surface area contributed by atoms with Crippen LogP contribution >= 0.6 is 7.59 Å². The zero-order valence-electron chi connectivity index (χ0n) is 24.5. The fraction of sp³-hybridized carbons (Fsp3) is 0.200. The molecule has 1 aliphatic heterocycles. The molecule has 2 aliphatic rings. The second kappa shape index (κ2) is 10.5. The van der Waals surface area contributed by atoms with E-state index in [2.05, 4.69) is 0 Å². The van der Waals surface area contributed by atoms with E-state index in [0.29, 0.717) is 45.8 Å². The number of fused-ring (bicyclic) bond motifs is 5. The van der Waals surface area contributed by atoms with Crippen molar-refractivity contribution >= 4 is 72.1 Å². The highest BCUT2D eigenvalue weighted by Gasteiger charge is 2.61. The molecular weight excluding hydrogens is 630 g/mol. The van der Waals surface area contributed by atoms with Gasteiger partial charge in [0.25, 0.3) is 0 Å². The molecular formula is C35H29F3N3O3PS. The Kier molecular flexibility index (Phi) is 6.66. The summed E-state index contributed by atoms with van der Waals surface area (Å²) in [6.45, 7) is 0. The van der Waals surface area contributed by atoms with E-state index in [1.54, 1.807) is 0 Å². The van der Waals surface area contributed by atoms with Crippen molar-refractivity contribution in [1.29, 1.82) is 0 Å². The van der Waals surface area contributed by atoms with Crippen molar-refractivity contribution in [1.82, 2.24) is 4.49 Å². The minimum atomic E-state index is -6.07. The Hall–Kier alpha value is -4.11. The summed E-state index contributed by atoms with van der Waals surface area (Å²) < 4.78 is 90.2. The van der Waals surface area contributed by atoms with Crippen molar-refractivity contribution in [3.8, 4) is 0 Å². The Balaban J connectivity index is 1.52. The summed E-state index contributed by atoms with van der Waals surface area (Å²) in [4.78, 5) is 0. The minimum absolute atomic E-state index is 0.464. The van der Waals surface area contributed by atoms with Crippen LogP contribution in [0.2, 0.25) is 0 Å². The molecule has 0 bridgehead atoms. The zero-order chi connectivity index (χ0) is 31.8. The van der Waals surface area contributed by atoms with Crippen LogP contribution in [0, 0.1) is 0 Å². The maximum absolute atomic E-state index is 16.1. The van der Waals surface area contributed by atoms with Crippen molar-refractivity contribution in [3.05, 3.63) is 109 Å². The number of anilines is 2. The van der Waals surface area contributed by atoms with E-state index in [4.69, 9.17) is 0 Å². The molecule has 1 saturated heterocycles. The molecule has 6 aromatic rings. The number of nitrogens with zero attached hydrogens (tertiary/aromatic N) is 2. The Labute approximate surface area is 264 Å². The van der Waals surface area contributed by atoms with Gasteiger partial charge in [-0.05, 0) is 46.5 Å². The highest BCUT2D eigenvalue weighted by Crippen LogP contribution is 2.67. The summed E-state index contributed by atoms with van der Waals surface area (Å²) in [5.74, 6) is 0. The molecule has 1 N–H and O–H groups in total. The number of nitrogens with one attached hydrogen (secondary N) is 1. The Morgan fingerprint density at radius 1 is 0.609 bits per heavy atom. The summed E-state index contributed by atoms with van der Waals surface area (Å²) in [5, 5.41) is 5.96. The average molecular weight is 660 g/mol. The second-order valence-electron chi connectivity index (χ2n) is 12.0. The summed E-state index contributed by atoms with van der Waals surface area (Å²) >= 11 is 0. The Bertz CT molecular complexity index is 2100. The molecule has 1 saturated carbocycles. The SMILES string of the molecule is O=P1(NS(=O)(=O)C(F)(F)F)N(c2c3ccccc3cc3ccccc23)[C@@H]2CCCC[C@H]2N1c1c2ccccc2cc2ccccc12. The maximum atomic E-state index is 16.1. The Morgan fingerprint density at radius 2 is 0.935 bits per heavy atom. The molecule has 6 aromatic carbocycles. The van der Waals surface area contributed by atoms with E-state index >= 15 is 4.57 Å². The van der Waals surface area contributed by atoms with E-state index in [-0.39, 0.29) is 0 Å². The fourth-order valence-corrected chi connectivity index (χ4v) is 12.4. The molecule has 0 unspecified atom stereocenters.